The van der Waals surface area contributed by atoms with Crippen molar-refractivity contribution in [2.75, 3.05) is 61.6 Å². The van der Waals surface area contributed by atoms with E-state index in [1.807, 2.05) is 48.5 Å². The minimum absolute atomic E-state index is 0.00305. The SMILES string of the molecule is COc1ccc(-c2ccc(N3CCC(C(=O)Nc4ccc(N5CCOCC5)cc4)CC3)nn2)cc1. The van der Waals surface area contributed by atoms with Crippen LogP contribution in [0.25, 0.3) is 11.3 Å². The first-order valence-corrected chi connectivity index (χ1v) is 12.2. The van der Waals surface area contributed by atoms with Crippen LogP contribution >= 0.6 is 0 Å². The smallest absolute Gasteiger partial charge is 0.227 e. The molecule has 2 fully saturated rings. The van der Waals surface area contributed by atoms with Gasteiger partial charge in [-0.15, -0.1) is 10.2 Å². The monoisotopic (exact) mass is 473 g/mol. The average Bonchev–Trinajstić information content (AvgIpc) is 2.94. The first-order chi connectivity index (χ1) is 17.2. The molecule has 0 saturated carbocycles. The zero-order valence-corrected chi connectivity index (χ0v) is 20.0. The van der Waals surface area contributed by atoms with Gasteiger partial charge < -0.3 is 24.6 Å². The molecule has 1 N–H and O–H groups in total. The zero-order valence-electron chi connectivity index (χ0n) is 20.0. The maximum atomic E-state index is 12.9. The highest BCUT2D eigenvalue weighted by molar-refractivity contribution is 5.92. The van der Waals surface area contributed by atoms with Gasteiger partial charge in [-0.3, -0.25) is 4.79 Å². The largest absolute Gasteiger partial charge is 0.497 e. The number of nitrogens with zero attached hydrogens (tertiary/aromatic N) is 4. The Morgan fingerprint density at radius 3 is 2.23 bits per heavy atom. The van der Waals surface area contributed by atoms with E-state index in [2.05, 4.69) is 37.4 Å². The predicted molar refractivity (Wildman–Crippen MR) is 137 cm³/mol. The second-order valence-corrected chi connectivity index (χ2v) is 8.90. The van der Waals surface area contributed by atoms with Gasteiger partial charge >= 0.3 is 0 Å². The minimum atomic E-state index is -0.00305. The molecule has 0 radical (unpaired) electrons. The summed E-state index contributed by atoms with van der Waals surface area (Å²) in [5.74, 6) is 1.75. The summed E-state index contributed by atoms with van der Waals surface area (Å²) in [6.07, 6.45) is 1.58. The number of ether oxygens (including phenoxy) is 2. The first kappa shape index (κ1) is 23.1. The topological polar surface area (TPSA) is 79.8 Å². The van der Waals surface area contributed by atoms with Crippen LogP contribution in [-0.4, -0.2) is 62.6 Å². The van der Waals surface area contributed by atoms with E-state index in [-0.39, 0.29) is 11.8 Å². The third-order valence-corrected chi connectivity index (χ3v) is 6.74. The number of hydrogen-bond acceptors (Lipinski definition) is 7. The molecule has 182 valence electrons. The molecule has 8 nitrogen and oxygen atoms in total. The molecule has 2 aromatic carbocycles. The van der Waals surface area contributed by atoms with Crippen LogP contribution in [0.5, 0.6) is 5.75 Å². The van der Waals surface area contributed by atoms with E-state index in [9.17, 15) is 4.79 Å². The van der Waals surface area contributed by atoms with Crippen molar-refractivity contribution < 1.29 is 14.3 Å². The van der Waals surface area contributed by atoms with Gasteiger partial charge in [0.2, 0.25) is 5.91 Å². The Labute approximate surface area is 205 Å². The molecule has 0 spiro atoms. The number of rotatable bonds is 6. The molecule has 2 saturated heterocycles. The summed E-state index contributed by atoms with van der Waals surface area (Å²) >= 11 is 0. The molecule has 2 aliphatic heterocycles. The molecule has 35 heavy (non-hydrogen) atoms. The molecule has 2 aliphatic rings. The fraction of sp³-hybridized carbons (Fsp3) is 0.370. The molecule has 3 heterocycles. The first-order valence-electron chi connectivity index (χ1n) is 12.2. The quantitative estimate of drug-likeness (QED) is 0.583. The van der Waals surface area contributed by atoms with E-state index < -0.39 is 0 Å². The van der Waals surface area contributed by atoms with Gasteiger partial charge in [-0.05, 0) is 73.5 Å². The van der Waals surface area contributed by atoms with E-state index in [0.29, 0.717) is 0 Å². The number of methoxy groups -OCH3 is 1. The Hall–Kier alpha value is -3.65. The van der Waals surface area contributed by atoms with Crippen molar-refractivity contribution in [1.29, 1.82) is 0 Å². The van der Waals surface area contributed by atoms with E-state index in [1.165, 1.54) is 5.69 Å². The van der Waals surface area contributed by atoms with Crippen LogP contribution in [0.2, 0.25) is 0 Å². The van der Waals surface area contributed by atoms with Gasteiger partial charge in [0.15, 0.2) is 5.82 Å². The summed E-state index contributed by atoms with van der Waals surface area (Å²) in [5, 5.41) is 11.9. The number of amides is 1. The number of anilines is 3. The van der Waals surface area contributed by atoms with Gasteiger partial charge in [0.05, 0.1) is 26.0 Å². The normalized spacial score (nSPS) is 16.7. The number of carbonyl (C=O) groups is 1. The molecular formula is C27H31N5O3. The van der Waals surface area contributed by atoms with Crippen molar-refractivity contribution in [3.63, 3.8) is 0 Å². The Bertz CT molecular complexity index is 1110. The van der Waals surface area contributed by atoms with Crippen molar-refractivity contribution in [3.05, 3.63) is 60.7 Å². The third kappa shape index (κ3) is 5.54. The number of nitrogens with one attached hydrogen (secondary N) is 1. The molecular weight excluding hydrogens is 442 g/mol. The number of aromatic nitrogens is 2. The van der Waals surface area contributed by atoms with Crippen LogP contribution in [0.1, 0.15) is 12.8 Å². The van der Waals surface area contributed by atoms with Crippen LogP contribution < -0.4 is 19.9 Å². The molecule has 8 heteroatoms. The molecule has 3 aromatic rings. The van der Waals surface area contributed by atoms with E-state index in [4.69, 9.17) is 9.47 Å². The van der Waals surface area contributed by atoms with Crippen molar-refractivity contribution in [2.45, 2.75) is 12.8 Å². The highest BCUT2D eigenvalue weighted by Crippen LogP contribution is 2.26. The lowest BCUT2D eigenvalue weighted by Gasteiger charge is -2.32. The van der Waals surface area contributed by atoms with Crippen molar-refractivity contribution >= 4 is 23.1 Å². The summed E-state index contributed by atoms with van der Waals surface area (Å²) in [4.78, 5) is 17.4. The standard InChI is InChI=1S/C27H31N5O3/c1-34-24-8-2-20(3-9-24)25-10-11-26(30-29-25)32-14-12-21(13-15-32)27(33)28-22-4-6-23(7-5-22)31-16-18-35-19-17-31/h2-11,21H,12-19H2,1H3,(H,28,33). The lowest BCUT2D eigenvalue weighted by Crippen LogP contribution is -2.38. The number of hydrogen-bond donors (Lipinski definition) is 1. The number of benzene rings is 2. The van der Waals surface area contributed by atoms with E-state index >= 15 is 0 Å². The third-order valence-electron chi connectivity index (χ3n) is 6.74. The van der Waals surface area contributed by atoms with Gasteiger partial charge in [-0.2, -0.15) is 0 Å². The highest BCUT2D eigenvalue weighted by atomic mass is 16.5. The Morgan fingerprint density at radius 1 is 0.886 bits per heavy atom. The number of morpholine rings is 1. The Balaban J connectivity index is 1.12. The van der Waals surface area contributed by atoms with Crippen LogP contribution in [0.15, 0.2) is 60.7 Å². The van der Waals surface area contributed by atoms with Gasteiger partial charge in [0.1, 0.15) is 5.75 Å². The van der Waals surface area contributed by atoms with Gasteiger partial charge in [-0.25, -0.2) is 0 Å². The molecule has 1 amide bonds. The lowest BCUT2D eigenvalue weighted by molar-refractivity contribution is -0.120. The minimum Gasteiger partial charge on any atom is -0.497 e. The average molecular weight is 474 g/mol. The number of piperidine rings is 1. The summed E-state index contributed by atoms with van der Waals surface area (Å²) in [7, 11) is 1.65. The van der Waals surface area contributed by atoms with Gasteiger partial charge in [-0.1, -0.05) is 0 Å². The molecule has 0 bridgehead atoms. The van der Waals surface area contributed by atoms with Crippen molar-refractivity contribution in [1.82, 2.24) is 10.2 Å². The molecule has 0 unspecified atom stereocenters. The van der Waals surface area contributed by atoms with Crippen molar-refractivity contribution in [2.24, 2.45) is 5.92 Å². The highest BCUT2D eigenvalue weighted by Gasteiger charge is 2.26. The maximum Gasteiger partial charge on any atom is 0.227 e. The molecule has 0 aliphatic carbocycles. The fourth-order valence-electron chi connectivity index (χ4n) is 4.60. The second kappa shape index (κ2) is 10.7. The summed E-state index contributed by atoms with van der Waals surface area (Å²) in [5.41, 5.74) is 3.83. The molecule has 5 rings (SSSR count). The van der Waals surface area contributed by atoms with Gasteiger partial charge in [0, 0.05) is 49.0 Å². The number of carbonyl (C=O) groups excluding carboxylic acids is 1. The predicted octanol–water partition coefficient (Wildman–Crippen LogP) is 3.84. The van der Waals surface area contributed by atoms with Crippen LogP contribution in [0.4, 0.5) is 17.2 Å². The zero-order chi connectivity index (χ0) is 24.0. The van der Waals surface area contributed by atoms with E-state index in [1.54, 1.807) is 7.11 Å². The summed E-state index contributed by atoms with van der Waals surface area (Å²) < 4.78 is 10.6. The Morgan fingerprint density at radius 2 is 1.60 bits per heavy atom. The van der Waals surface area contributed by atoms with Crippen molar-refractivity contribution in [3.8, 4) is 17.0 Å². The Kier molecular flexibility index (Phi) is 7.09. The summed E-state index contributed by atoms with van der Waals surface area (Å²) in [6.45, 7) is 4.89. The maximum absolute atomic E-state index is 12.9. The van der Waals surface area contributed by atoms with Crippen LogP contribution in [-0.2, 0) is 9.53 Å². The fourth-order valence-corrected chi connectivity index (χ4v) is 4.60. The van der Waals surface area contributed by atoms with Crippen LogP contribution in [0, 0.1) is 5.92 Å². The molecule has 1 aromatic heterocycles. The van der Waals surface area contributed by atoms with Crippen LogP contribution in [0.3, 0.4) is 0 Å². The van der Waals surface area contributed by atoms with Gasteiger partial charge in [0.25, 0.3) is 0 Å². The molecule has 0 atom stereocenters. The second-order valence-electron chi connectivity index (χ2n) is 8.90. The lowest BCUT2D eigenvalue weighted by atomic mass is 9.95. The van der Waals surface area contributed by atoms with E-state index in [0.717, 1.165) is 80.7 Å². The summed E-state index contributed by atoms with van der Waals surface area (Å²) in [6, 6.07) is 19.9.